The maximum atomic E-state index is 13.2. The lowest BCUT2D eigenvalue weighted by Gasteiger charge is -2.33. The van der Waals surface area contributed by atoms with Crippen molar-refractivity contribution in [2.24, 2.45) is 0 Å². The zero-order valence-electron chi connectivity index (χ0n) is 19.9. The van der Waals surface area contributed by atoms with E-state index in [1.54, 1.807) is 0 Å². The van der Waals surface area contributed by atoms with E-state index in [9.17, 15) is 22.4 Å². The number of hydrogen-bond acceptors (Lipinski definition) is 7. The predicted octanol–water partition coefficient (Wildman–Crippen LogP) is 3.59. The van der Waals surface area contributed by atoms with Gasteiger partial charge in [-0.3, -0.25) is 9.69 Å². The van der Waals surface area contributed by atoms with Crippen molar-refractivity contribution < 1.29 is 27.1 Å². The number of nitrogens with zero attached hydrogens (tertiary/aromatic N) is 2. The number of aryl methyl sites for hydroxylation is 1. The van der Waals surface area contributed by atoms with Crippen molar-refractivity contribution in [3.8, 4) is 11.1 Å². The average Bonchev–Trinajstić information content (AvgIpc) is 3.19. The Bertz CT molecular complexity index is 1350. The van der Waals surface area contributed by atoms with Gasteiger partial charge in [0.05, 0.1) is 18.6 Å². The molecule has 0 bridgehead atoms. The molecule has 4 rings (SSSR count). The fraction of sp³-hybridized carbons (Fsp3) is 0.280. The van der Waals surface area contributed by atoms with Gasteiger partial charge >= 0.3 is 5.97 Å². The van der Waals surface area contributed by atoms with Crippen LogP contribution in [0, 0.1) is 12.7 Å². The summed E-state index contributed by atoms with van der Waals surface area (Å²) in [6.07, 6.45) is 0. The molecule has 0 unspecified atom stereocenters. The molecule has 1 aliphatic rings. The number of anilines is 1. The third-order valence-electron chi connectivity index (χ3n) is 5.94. The number of carbonyl (C=O) groups is 2. The first-order chi connectivity index (χ1) is 17.2. The topological polar surface area (TPSA) is 96.0 Å². The van der Waals surface area contributed by atoms with E-state index in [4.69, 9.17) is 4.74 Å². The van der Waals surface area contributed by atoms with E-state index in [0.29, 0.717) is 23.7 Å². The maximum Gasteiger partial charge on any atom is 0.341 e. The van der Waals surface area contributed by atoms with Gasteiger partial charge in [0, 0.05) is 36.6 Å². The van der Waals surface area contributed by atoms with Crippen LogP contribution in [0.15, 0.2) is 59.5 Å². The largest absolute Gasteiger partial charge is 0.465 e. The summed E-state index contributed by atoms with van der Waals surface area (Å²) in [6, 6.07) is 14.2. The second kappa shape index (κ2) is 10.9. The van der Waals surface area contributed by atoms with Crippen LogP contribution in [0.3, 0.4) is 0 Å². The highest BCUT2D eigenvalue weighted by molar-refractivity contribution is 7.89. The standard InChI is InChI=1S/C25H26FN3O5S2/c1-17-22(18-6-4-3-5-7-18)23(25(31)34-2)24(35-17)27-21(30)16-28-12-14-29(15-13-28)36(32,33)20-10-8-19(26)9-11-20/h3-11H,12-16H2,1-2H3,(H,27,30). The van der Waals surface area contributed by atoms with Crippen molar-refractivity contribution in [2.45, 2.75) is 11.8 Å². The second-order valence-corrected chi connectivity index (χ2v) is 11.4. The minimum atomic E-state index is -3.74. The van der Waals surface area contributed by atoms with Crippen molar-refractivity contribution in [2.75, 3.05) is 45.2 Å². The molecule has 1 amide bonds. The average molecular weight is 532 g/mol. The molecule has 11 heteroatoms. The molecule has 1 N–H and O–H groups in total. The highest BCUT2D eigenvalue weighted by atomic mass is 32.2. The third-order valence-corrected chi connectivity index (χ3v) is 8.87. The van der Waals surface area contributed by atoms with Crippen LogP contribution in [0.2, 0.25) is 0 Å². The van der Waals surface area contributed by atoms with E-state index in [2.05, 4.69) is 5.32 Å². The minimum absolute atomic E-state index is 0.0349. The molecule has 2 aromatic carbocycles. The lowest BCUT2D eigenvalue weighted by molar-refractivity contribution is -0.117. The summed E-state index contributed by atoms with van der Waals surface area (Å²) in [6.45, 7) is 3.05. The van der Waals surface area contributed by atoms with Crippen molar-refractivity contribution in [3.63, 3.8) is 0 Å². The summed E-state index contributed by atoms with van der Waals surface area (Å²) in [5.41, 5.74) is 1.89. The van der Waals surface area contributed by atoms with Crippen molar-refractivity contribution in [1.82, 2.24) is 9.21 Å². The van der Waals surface area contributed by atoms with E-state index in [0.717, 1.165) is 28.1 Å². The fourth-order valence-electron chi connectivity index (χ4n) is 4.13. The van der Waals surface area contributed by atoms with Crippen molar-refractivity contribution in [3.05, 3.63) is 70.9 Å². The fourth-order valence-corrected chi connectivity index (χ4v) is 6.64. The Morgan fingerprint density at radius 3 is 2.28 bits per heavy atom. The number of thiophene rings is 1. The van der Waals surface area contributed by atoms with Crippen LogP contribution in [0.4, 0.5) is 9.39 Å². The predicted molar refractivity (Wildman–Crippen MR) is 136 cm³/mol. The smallest absolute Gasteiger partial charge is 0.341 e. The molecule has 1 aromatic heterocycles. The molecule has 8 nitrogen and oxygen atoms in total. The number of esters is 1. The molecule has 1 fully saturated rings. The molecule has 0 radical (unpaired) electrons. The number of piperazine rings is 1. The summed E-state index contributed by atoms with van der Waals surface area (Å²) in [4.78, 5) is 28.2. The van der Waals surface area contributed by atoms with Crippen molar-refractivity contribution in [1.29, 1.82) is 0 Å². The third kappa shape index (κ3) is 5.49. The zero-order chi connectivity index (χ0) is 25.9. The van der Waals surface area contributed by atoms with Gasteiger partial charge in [-0.25, -0.2) is 17.6 Å². The SMILES string of the molecule is COC(=O)c1c(NC(=O)CN2CCN(S(=O)(=O)c3ccc(F)cc3)CC2)sc(C)c1-c1ccccc1. The van der Waals surface area contributed by atoms with Gasteiger partial charge in [0.15, 0.2) is 0 Å². The van der Waals surface area contributed by atoms with Crippen LogP contribution in [0.5, 0.6) is 0 Å². The first-order valence-corrected chi connectivity index (χ1v) is 13.5. The molecule has 0 atom stereocenters. The highest BCUT2D eigenvalue weighted by Crippen LogP contribution is 2.40. The van der Waals surface area contributed by atoms with Crippen LogP contribution in [0.1, 0.15) is 15.2 Å². The normalized spacial score (nSPS) is 15.0. The molecule has 1 saturated heterocycles. The molecular weight excluding hydrogens is 505 g/mol. The Morgan fingerprint density at radius 2 is 1.67 bits per heavy atom. The minimum Gasteiger partial charge on any atom is -0.465 e. The number of sulfonamides is 1. The first-order valence-electron chi connectivity index (χ1n) is 11.3. The van der Waals surface area contributed by atoms with Gasteiger partial charge in [0.25, 0.3) is 0 Å². The molecule has 1 aliphatic heterocycles. The molecule has 0 spiro atoms. The van der Waals surface area contributed by atoms with E-state index in [1.807, 2.05) is 42.2 Å². The number of amides is 1. The molecule has 36 heavy (non-hydrogen) atoms. The number of methoxy groups -OCH3 is 1. The quantitative estimate of drug-likeness (QED) is 0.468. The molecule has 3 aromatic rings. The summed E-state index contributed by atoms with van der Waals surface area (Å²) in [5.74, 6) is -1.35. The van der Waals surface area contributed by atoms with E-state index in [1.165, 1.54) is 34.9 Å². The van der Waals surface area contributed by atoms with Crippen LogP contribution >= 0.6 is 11.3 Å². The molecule has 0 saturated carbocycles. The summed E-state index contributed by atoms with van der Waals surface area (Å²) < 4.78 is 45.1. The van der Waals surface area contributed by atoms with Gasteiger partial charge in [-0.2, -0.15) is 4.31 Å². The lowest BCUT2D eigenvalue weighted by atomic mass is 10.0. The Balaban J connectivity index is 1.42. The van der Waals surface area contributed by atoms with Crippen molar-refractivity contribution >= 4 is 38.2 Å². The van der Waals surface area contributed by atoms with E-state index < -0.39 is 21.8 Å². The second-order valence-electron chi connectivity index (χ2n) is 8.28. The van der Waals surface area contributed by atoms with Gasteiger partial charge in [0.1, 0.15) is 16.4 Å². The Kier molecular flexibility index (Phi) is 7.84. The van der Waals surface area contributed by atoms with Crippen LogP contribution in [0.25, 0.3) is 11.1 Å². The number of ether oxygens (including phenoxy) is 1. The summed E-state index contributed by atoms with van der Waals surface area (Å²) >= 11 is 1.31. The van der Waals surface area contributed by atoms with Gasteiger partial charge in [0.2, 0.25) is 15.9 Å². The van der Waals surface area contributed by atoms with Gasteiger partial charge < -0.3 is 10.1 Å². The molecule has 2 heterocycles. The Morgan fingerprint density at radius 1 is 1.03 bits per heavy atom. The number of carbonyl (C=O) groups excluding carboxylic acids is 2. The number of rotatable bonds is 7. The van der Waals surface area contributed by atoms with Gasteiger partial charge in [-0.1, -0.05) is 30.3 Å². The monoisotopic (exact) mass is 531 g/mol. The highest BCUT2D eigenvalue weighted by Gasteiger charge is 2.30. The Hall–Kier alpha value is -3.12. The zero-order valence-corrected chi connectivity index (χ0v) is 21.5. The molecule has 190 valence electrons. The number of hydrogen-bond donors (Lipinski definition) is 1. The van der Waals surface area contributed by atoms with Gasteiger partial charge in [-0.05, 0) is 36.8 Å². The number of halogens is 1. The number of benzene rings is 2. The first kappa shape index (κ1) is 26.0. The van der Waals surface area contributed by atoms with Crippen LogP contribution < -0.4 is 5.32 Å². The van der Waals surface area contributed by atoms with Crippen LogP contribution in [-0.4, -0.2) is 69.3 Å². The molecular formula is C25H26FN3O5S2. The van der Waals surface area contributed by atoms with Gasteiger partial charge in [-0.15, -0.1) is 11.3 Å². The number of nitrogens with one attached hydrogen (secondary N) is 1. The summed E-state index contributed by atoms with van der Waals surface area (Å²) in [7, 11) is -2.44. The molecule has 0 aliphatic carbocycles. The maximum absolute atomic E-state index is 13.2. The lowest BCUT2D eigenvalue weighted by Crippen LogP contribution is -2.50. The van der Waals surface area contributed by atoms with Crippen LogP contribution in [-0.2, 0) is 19.6 Å². The summed E-state index contributed by atoms with van der Waals surface area (Å²) in [5, 5.41) is 3.26. The van der Waals surface area contributed by atoms with E-state index >= 15 is 0 Å². The van der Waals surface area contributed by atoms with E-state index in [-0.39, 0.29) is 30.4 Å². The Labute approximate surface area is 213 Å².